The lowest BCUT2D eigenvalue weighted by Gasteiger charge is -2.09. The number of nitrogens with zero attached hydrogens (tertiary/aromatic N) is 2. The molecule has 0 saturated heterocycles. The Morgan fingerprint density at radius 2 is 1.89 bits per heavy atom. The van der Waals surface area contributed by atoms with Crippen LogP contribution in [0.15, 0.2) is 67.2 Å². The minimum atomic E-state index is -0.377. The molecule has 3 rings (SSSR count). The lowest BCUT2D eigenvalue weighted by molar-refractivity contribution is -0.123. The van der Waals surface area contributed by atoms with Gasteiger partial charge in [-0.2, -0.15) is 10.2 Å². The van der Waals surface area contributed by atoms with E-state index in [4.69, 9.17) is 4.74 Å². The number of halogens is 3. The summed E-state index contributed by atoms with van der Waals surface area (Å²) >= 11 is 10.2. The number of H-pyrrole nitrogens is 1. The van der Waals surface area contributed by atoms with Crippen molar-refractivity contribution in [2.75, 3.05) is 6.61 Å². The summed E-state index contributed by atoms with van der Waals surface area (Å²) in [6.07, 6.45) is 3.18. The highest BCUT2D eigenvalue weighted by Gasteiger charge is 2.10. The quantitative estimate of drug-likeness (QED) is 0.335. The molecule has 3 aromatic rings. The summed E-state index contributed by atoms with van der Waals surface area (Å²) in [6.45, 7) is -0.174. The number of amides is 1. The molecule has 0 radical (unpaired) electrons. The molecule has 0 atom stereocenters. The van der Waals surface area contributed by atoms with Gasteiger partial charge < -0.3 is 4.74 Å². The van der Waals surface area contributed by atoms with Gasteiger partial charge in [0.1, 0.15) is 5.75 Å². The van der Waals surface area contributed by atoms with Gasteiger partial charge >= 0.3 is 0 Å². The smallest absolute Gasteiger partial charge is 0.277 e. The van der Waals surface area contributed by atoms with Gasteiger partial charge in [0, 0.05) is 15.6 Å². The predicted molar refractivity (Wildman–Crippen MR) is 115 cm³/mol. The number of aromatic amines is 1. The van der Waals surface area contributed by atoms with Crippen molar-refractivity contribution in [1.82, 2.24) is 15.6 Å². The van der Waals surface area contributed by atoms with Crippen molar-refractivity contribution in [3.05, 3.63) is 67.6 Å². The number of carbonyl (C=O) groups excluding carboxylic acids is 1. The Bertz CT molecular complexity index is 951. The molecule has 0 spiro atoms. The van der Waals surface area contributed by atoms with Crippen molar-refractivity contribution < 1.29 is 9.53 Å². The molecule has 1 aromatic heterocycles. The number of benzene rings is 2. The van der Waals surface area contributed by atoms with Crippen molar-refractivity contribution >= 4 is 59.9 Å². The van der Waals surface area contributed by atoms with Gasteiger partial charge in [0.2, 0.25) is 0 Å². The van der Waals surface area contributed by atoms with E-state index in [2.05, 4.69) is 68.5 Å². The summed E-state index contributed by atoms with van der Waals surface area (Å²) in [6, 6.07) is 13.4. The molecular weight excluding hydrogens is 544 g/mol. The number of ether oxygens (including phenoxy) is 1. The second kappa shape index (κ2) is 9.29. The van der Waals surface area contributed by atoms with E-state index in [9.17, 15) is 4.79 Å². The van der Waals surface area contributed by atoms with Gasteiger partial charge in [-0.15, -0.1) is 0 Å². The van der Waals surface area contributed by atoms with Crippen molar-refractivity contribution in [2.24, 2.45) is 5.10 Å². The zero-order chi connectivity index (χ0) is 19.2. The van der Waals surface area contributed by atoms with Crippen LogP contribution in [0.25, 0.3) is 11.3 Å². The van der Waals surface area contributed by atoms with Crippen molar-refractivity contribution in [2.45, 2.75) is 0 Å². The van der Waals surface area contributed by atoms with E-state index < -0.39 is 0 Å². The van der Waals surface area contributed by atoms with Gasteiger partial charge in [-0.25, -0.2) is 5.43 Å². The van der Waals surface area contributed by atoms with Crippen LogP contribution >= 0.6 is 47.8 Å². The molecule has 1 amide bonds. The molecule has 0 unspecified atom stereocenters. The Morgan fingerprint density at radius 1 is 1.19 bits per heavy atom. The van der Waals surface area contributed by atoms with E-state index in [0.29, 0.717) is 5.75 Å². The highest BCUT2D eigenvalue weighted by molar-refractivity contribution is 9.11. The first-order valence-electron chi connectivity index (χ1n) is 7.72. The lowest BCUT2D eigenvalue weighted by Crippen LogP contribution is -2.24. The Labute approximate surface area is 180 Å². The summed E-state index contributed by atoms with van der Waals surface area (Å²) in [5.41, 5.74) is 5.02. The molecule has 0 fully saturated rings. The Balaban J connectivity index is 1.58. The number of nitrogens with one attached hydrogen (secondary N) is 2. The number of rotatable bonds is 6. The number of hydrogen-bond donors (Lipinski definition) is 2. The van der Waals surface area contributed by atoms with Gasteiger partial charge in [0.15, 0.2) is 6.61 Å². The van der Waals surface area contributed by atoms with Crippen LogP contribution < -0.4 is 10.2 Å². The molecule has 1 heterocycles. The maximum Gasteiger partial charge on any atom is 0.277 e. The van der Waals surface area contributed by atoms with E-state index in [1.165, 1.54) is 6.21 Å². The average molecular weight is 557 g/mol. The normalized spacial score (nSPS) is 10.9. The minimum absolute atomic E-state index is 0.174. The van der Waals surface area contributed by atoms with Gasteiger partial charge in [0.25, 0.3) is 5.91 Å². The fourth-order valence-electron chi connectivity index (χ4n) is 2.24. The maximum atomic E-state index is 12.0. The molecule has 0 aliphatic carbocycles. The van der Waals surface area contributed by atoms with Gasteiger partial charge in [0.05, 0.1) is 27.1 Å². The predicted octanol–water partition coefficient (Wildman–Crippen LogP) is 4.89. The average Bonchev–Trinajstić information content (AvgIpc) is 3.10. The van der Waals surface area contributed by atoms with Crippen LogP contribution in [0.4, 0.5) is 0 Å². The number of carbonyl (C=O) groups is 1. The number of hydrogen-bond acceptors (Lipinski definition) is 4. The van der Waals surface area contributed by atoms with Gasteiger partial charge in [-0.05, 0) is 44.0 Å². The maximum absolute atomic E-state index is 12.0. The summed E-state index contributed by atoms with van der Waals surface area (Å²) < 4.78 is 7.89. The second-order valence-electron chi connectivity index (χ2n) is 5.35. The van der Waals surface area contributed by atoms with E-state index in [-0.39, 0.29) is 12.5 Å². The lowest BCUT2D eigenvalue weighted by atomic mass is 10.1. The first-order valence-corrected chi connectivity index (χ1v) is 10.1. The Kier molecular flexibility index (Phi) is 6.81. The fourth-order valence-corrected chi connectivity index (χ4v) is 4.73. The van der Waals surface area contributed by atoms with E-state index in [1.807, 2.05) is 42.5 Å². The zero-order valence-corrected chi connectivity index (χ0v) is 18.5. The van der Waals surface area contributed by atoms with Gasteiger partial charge in [-0.1, -0.05) is 46.3 Å². The largest absolute Gasteiger partial charge is 0.481 e. The Morgan fingerprint density at radius 3 is 2.59 bits per heavy atom. The van der Waals surface area contributed by atoms with Gasteiger partial charge in [-0.3, -0.25) is 9.89 Å². The molecule has 27 heavy (non-hydrogen) atoms. The number of aromatic nitrogens is 2. The monoisotopic (exact) mass is 554 g/mol. The third-order valence-electron chi connectivity index (χ3n) is 3.43. The third kappa shape index (κ3) is 5.27. The first-order chi connectivity index (χ1) is 13.0. The zero-order valence-electron chi connectivity index (χ0n) is 13.7. The first kappa shape index (κ1) is 19.8. The molecule has 2 aromatic carbocycles. The molecule has 0 saturated carbocycles. The van der Waals surface area contributed by atoms with Crippen LogP contribution in [0.1, 0.15) is 5.56 Å². The number of hydrazone groups is 1. The molecule has 0 aliphatic heterocycles. The van der Waals surface area contributed by atoms with Crippen LogP contribution in [-0.2, 0) is 4.79 Å². The molecule has 0 aliphatic rings. The summed E-state index contributed by atoms with van der Waals surface area (Å²) in [5, 5.41) is 10.9. The summed E-state index contributed by atoms with van der Waals surface area (Å²) in [5.74, 6) is 0.163. The van der Waals surface area contributed by atoms with Crippen LogP contribution in [0, 0.1) is 0 Å². The summed E-state index contributed by atoms with van der Waals surface area (Å²) in [7, 11) is 0. The van der Waals surface area contributed by atoms with E-state index in [0.717, 1.165) is 30.2 Å². The standard InChI is InChI=1S/C18H13Br3N4O2/c19-13-6-14(20)18(15(21)7-13)27-10-16(26)24-22-8-12-9-23-25-17(12)11-4-2-1-3-5-11/h1-9H,10H2,(H,23,25)(H,24,26)/b22-8+. The highest BCUT2D eigenvalue weighted by Crippen LogP contribution is 2.36. The van der Waals surface area contributed by atoms with Crippen molar-refractivity contribution in [3.8, 4) is 17.0 Å². The van der Waals surface area contributed by atoms with E-state index in [1.54, 1.807) is 6.20 Å². The van der Waals surface area contributed by atoms with Crippen LogP contribution in [0.5, 0.6) is 5.75 Å². The molecular formula is C18H13Br3N4O2. The summed E-state index contributed by atoms with van der Waals surface area (Å²) in [4.78, 5) is 12.0. The third-order valence-corrected chi connectivity index (χ3v) is 5.07. The minimum Gasteiger partial charge on any atom is -0.481 e. The molecule has 6 nitrogen and oxygen atoms in total. The molecule has 0 bridgehead atoms. The van der Waals surface area contributed by atoms with E-state index >= 15 is 0 Å². The van der Waals surface area contributed by atoms with Crippen LogP contribution in [0.2, 0.25) is 0 Å². The Hall–Kier alpha value is -1.97. The topological polar surface area (TPSA) is 79.4 Å². The van der Waals surface area contributed by atoms with Crippen molar-refractivity contribution in [3.63, 3.8) is 0 Å². The molecule has 9 heteroatoms. The SMILES string of the molecule is O=C(COc1c(Br)cc(Br)cc1Br)N/N=C/c1cn[nH]c1-c1ccccc1. The van der Waals surface area contributed by atoms with Crippen LogP contribution in [0.3, 0.4) is 0 Å². The van der Waals surface area contributed by atoms with Crippen LogP contribution in [-0.4, -0.2) is 28.9 Å². The molecule has 2 N–H and O–H groups in total. The van der Waals surface area contributed by atoms with Crippen molar-refractivity contribution in [1.29, 1.82) is 0 Å². The second-order valence-corrected chi connectivity index (χ2v) is 7.97. The highest BCUT2D eigenvalue weighted by atomic mass is 79.9. The molecule has 138 valence electrons. The fraction of sp³-hybridized carbons (Fsp3) is 0.0556.